The van der Waals surface area contributed by atoms with Gasteiger partial charge in [-0.3, -0.25) is 4.21 Å². The Balaban J connectivity index is 3.68. The molecule has 0 aliphatic heterocycles. The summed E-state index contributed by atoms with van der Waals surface area (Å²) in [5, 5.41) is 11.8. The molecular weight excluding hydrogens is 172 g/mol. The molecule has 0 aromatic rings. The van der Waals surface area contributed by atoms with Crippen molar-refractivity contribution in [3.63, 3.8) is 0 Å². The first-order valence-corrected chi connectivity index (χ1v) is 5.69. The molecule has 0 saturated carbocycles. The minimum Gasteiger partial charge on any atom is -0.301 e. The zero-order valence-electron chi connectivity index (χ0n) is 7.83. The van der Waals surface area contributed by atoms with Gasteiger partial charge >= 0.3 is 0 Å². The molecule has 70 valence electrons. The molecule has 3 unspecified atom stereocenters. The van der Waals surface area contributed by atoms with Gasteiger partial charge in [0.15, 0.2) is 0 Å². The fraction of sp³-hybridized carbons (Fsp3) is 0.875. The van der Waals surface area contributed by atoms with Crippen LogP contribution < -0.4 is 5.32 Å². The van der Waals surface area contributed by atoms with Crippen LogP contribution in [0.5, 0.6) is 0 Å². The molecule has 12 heavy (non-hydrogen) atoms. The standard InChI is InChI=1S/C8H16N2OS/c1-4-8(5-9)10-6-7(2)12(3)11/h7-8,10H,4,6H2,1-3H3. The number of nitrogens with zero attached hydrogens (tertiary/aromatic N) is 1. The van der Waals surface area contributed by atoms with Gasteiger partial charge in [-0.1, -0.05) is 6.92 Å². The number of rotatable bonds is 5. The molecule has 0 saturated heterocycles. The lowest BCUT2D eigenvalue weighted by Gasteiger charge is -2.12. The van der Waals surface area contributed by atoms with Crippen molar-refractivity contribution >= 4 is 10.8 Å². The van der Waals surface area contributed by atoms with Gasteiger partial charge in [-0.25, -0.2) is 0 Å². The van der Waals surface area contributed by atoms with Gasteiger partial charge in [-0.05, 0) is 13.3 Å². The Morgan fingerprint density at radius 3 is 2.58 bits per heavy atom. The molecule has 0 spiro atoms. The second-order valence-corrected chi connectivity index (χ2v) is 4.61. The second kappa shape index (κ2) is 6.15. The Labute approximate surface area is 76.6 Å². The van der Waals surface area contributed by atoms with Crippen LogP contribution in [0.15, 0.2) is 0 Å². The van der Waals surface area contributed by atoms with Crippen LogP contribution in [-0.2, 0) is 10.8 Å². The lowest BCUT2D eigenvalue weighted by Crippen LogP contribution is -2.34. The molecule has 0 amide bonds. The molecule has 3 nitrogen and oxygen atoms in total. The van der Waals surface area contributed by atoms with Crippen LogP contribution in [0, 0.1) is 11.3 Å². The maximum Gasteiger partial charge on any atom is 0.0950 e. The number of hydrogen-bond donors (Lipinski definition) is 1. The van der Waals surface area contributed by atoms with Gasteiger partial charge in [-0.2, -0.15) is 5.26 Å². The van der Waals surface area contributed by atoms with E-state index in [1.165, 1.54) is 0 Å². The SMILES string of the molecule is CCC(C#N)NCC(C)S(C)=O. The lowest BCUT2D eigenvalue weighted by atomic mass is 10.2. The molecule has 3 atom stereocenters. The van der Waals surface area contributed by atoms with Gasteiger partial charge < -0.3 is 5.32 Å². The molecule has 1 N–H and O–H groups in total. The van der Waals surface area contributed by atoms with E-state index in [4.69, 9.17) is 5.26 Å². The van der Waals surface area contributed by atoms with Crippen LogP contribution >= 0.6 is 0 Å². The average molecular weight is 188 g/mol. The summed E-state index contributed by atoms with van der Waals surface area (Å²) in [4.78, 5) is 0. The van der Waals surface area contributed by atoms with Crippen LogP contribution in [-0.4, -0.2) is 28.3 Å². The number of nitrogens with one attached hydrogen (secondary N) is 1. The van der Waals surface area contributed by atoms with E-state index < -0.39 is 10.8 Å². The number of nitriles is 1. The molecule has 0 aliphatic rings. The molecule has 0 radical (unpaired) electrons. The summed E-state index contributed by atoms with van der Waals surface area (Å²) in [6.07, 6.45) is 2.47. The van der Waals surface area contributed by atoms with E-state index in [0.29, 0.717) is 6.54 Å². The topological polar surface area (TPSA) is 52.9 Å². The lowest BCUT2D eigenvalue weighted by molar-refractivity contribution is 0.580. The normalized spacial score (nSPS) is 17.8. The van der Waals surface area contributed by atoms with Crippen molar-refractivity contribution in [3.8, 4) is 6.07 Å². The summed E-state index contributed by atoms with van der Waals surface area (Å²) in [6.45, 7) is 4.51. The van der Waals surface area contributed by atoms with Crippen molar-refractivity contribution < 1.29 is 4.21 Å². The third-order valence-electron chi connectivity index (χ3n) is 1.78. The predicted octanol–water partition coefficient (Wildman–Crippen LogP) is 0.645. The highest BCUT2D eigenvalue weighted by Gasteiger charge is 2.08. The van der Waals surface area contributed by atoms with Crippen LogP contribution in [0.2, 0.25) is 0 Å². The summed E-state index contributed by atoms with van der Waals surface area (Å²) in [5.41, 5.74) is 0. The minimum absolute atomic E-state index is 0.101. The molecule has 0 aromatic heterocycles. The van der Waals surface area contributed by atoms with Gasteiger partial charge in [-0.15, -0.1) is 0 Å². The van der Waals surface area contributed by atoms with E-state index >= 15 is 0 Å². The fourth-order valence-electron chi connectivity index (χ4n) is 0.707. The first kappa shape index (κ1) is 11.6. The second-order valence-electron chi connectivity index (χ2n) is 2.81. The monoisotopic (exact) mass is 188 g/mol. The van der Waals surface area contributed by atoms with Crippen molar-refractivity contribution in [2.75, 3.05) is 12.8 Å². The molecule has 0 aliphatic carbocycles. The van der Waals surface area contributed by atoms with Gasteiger partial charge in [0.05, 0.1) is 12.1 Å². The first-order chi connectivity index (χ1) is 5.61. The fourth-order valence-corrected chi connectivity index (χ4v) is 1.04. The highest BCUT2D eigenvalue weighted by Crippen LogP contribution is 1.93. The van der Waals surface area contributed by atoms with Gasteiger partial charge in [0.25, 0.3) is 0 Å². The summed E-state index contributed by atoms with van der Waals surface area (Å²) >= 11 is 0. The van der Waals surface area contributed by atoms with Gasteiger partial charge in [0.2, 0.25) is 0 Å². The maximum atomic E-state index is 10.9. The van der Waals surface area contributed by atoms with Crippen molar-refractivity contribution in [2.45, 2.75) is 31.6 Å². The zero-order chi connectivity index (χ0) is 9.56. The van der Waals surface area contributed by atoms with Crippen molar-refractivity contribution in [2.24, 2.45) is 0 Å². The third kappa shape index (κ3) is 4.47. The highest BCUT2D eigenvalue weighted by molar-refractivity contribution is 7.84. The van der Waals surface area contributed by atoms with E-state index in [1.54, 1.807) is 6.26 Å². The molecule has 0 aromatic carbocycles. The molecule has 0 bridgehead atoms. The molecule has 0 rings (SSSR count). The Hall–Kier alpha value is -0.400. The first-order valence-electron chi connectivity index (χ1n) is 4.07. The molecule has 4 heteroatoms. The van der Waals surface area contributed by atoms with Crippen molar-refractivity contribution in [1.29, 1.82) is 5.26 Å². The van der Waals surface area contributed by atoms with Crippen LogP contribution in [0.1, 0.15) is 20.3 Å². The quantitative estimate of drug-likeness (QED) is 0.689. The third-order valence-corrected chi connectivity index (χ3v) is 3.08. The van der Waals surface area contributed by atoms with E-state index in [-0.39, 0.29) is 11.3 Å². The van der Waals surface area contributed by atoms with Crippen LogP contribution in [0.4, 0.5) is 0 Å². The zero-order valence-corrected chi connectivity index (χ0v) is 8.65. The Kier molecular flexibility index (Phi) is 5.95. The molecule has 0 fully saturated rings. The average Bonchev–Trinajstić information content (AvgIpc) is 2.05. The minimum atomic E-state index is -0.803. The van der Waals surface area contributed by atoms with Crippen LogP contribution in [0.25, 0.3) is 0 Å². The summed E-state index contributed by atoms with van der Waals surface area (Å²) in [5.74, 6) is 0. The van der Waals surface area contributed by atoms with E-state index in [2.05, 4.69) is 11.4 Å². The van der Waals surface area contributed by atoms with Gasteiger partial charge in [0.1, 0.15) is 0 Å². The van der Waals surface area contributed by atoms with Crippen molar-refractivity contribution in [1.82, 2.24) is 5.32 Å². The van der Waals surface area contributed by atoms with Crippen LogP contribution in [0.3, 0.4) is 0 Å². The largest absolute Gasteiger partial charge is 0.301 e. The maximum absolute atomic E-state index is 10.9. The highest BCUT2D eigenvalue weighted by atomic mass is 32.2. The Morgan fingerprint density at radius 1 is 1.67 bits per heavy atom. The van der Waals surface area contributed by atoms with Crippen molar-refractivity contribution in [3.05, 3.63) is 0 Å². The Bertz CT molecular complexity index is 188. The molecular formula is C8H16N2OS. The number of hydrogen-bond acceptors (Lipinski definition) is 3. The summed E-state index contributed by atoms with van der Waals surface area (Å²) in [7, 11) is -0.803. The van der Waals surface area contributed by atoms with E-state index in [1.807, 2.05) is 13.8 Å². The molecule has 0 heterocycles. The smallest absolute Gasteiger partial charge is 0.0950 e. The summed E-state index contributed by atoms with van der Waals surface area (Å²) < 4.78 is 10.9. The Morgan fingerprint density at radius 2 is 2.25 bits per heavy atom. The predicted molar refractivity (Wildman–Crippen MR) is 51.2 cm³/mol. The summed E-state index contributed by atoms with van der Waals surface area (Å²) in [6, 6.07) is 2.04. The van der Waals surface area contributed by atoms with E-state index in [9.17, 15) is 4.21 Å². The van der Waals surface area contributed by atoms with E-state index in [0.717, 1.165) is 6.42 Å². The van der Waals surface area contributed by atoms with Gasteiger partial charge in [0, 0.05) is 28.9 Å².